The molecule has 0 saturated carbocycles. The number of carbonyl (C=O) groups excluding carboxylic acids is 1. The summed E-state index contributed by atoms with van der Waals surface area (Å²) >= 11 is 0. The zero-order chi connectivity index (χ0) is 15.6. The Hall–Kier alpha value is -3.09. The molecule has 21 heavy (non-hydrogen) atoms. The molecule has 0 bridgehead atoms. The number of aromatic carboxylic acids is 1. The Labute approximate surface area is 119 Å². The molecule has 7 heteroatoms. The van der Waals surface area contributed by atoms with Gasteiger partial charge in [-0.15, -0.1) is 6.58 Å². The fourth-order valence-corrected chi connectivity index (χ4v) is 1.99. The highest BCUT2D eigenvalue weighted by atomic mass is 16.4. The van der Waals surface area contributed by atoms with Crippen LogP contribution in [0, 0.1) is 0 Å². The number of aromatic nitrogens is 1. The van der Waals surface area contributed by atoms with Crippen molar-refractivity contribution in [1.82, 2.24) is 4.57 Å². The Morgan fingerprint density at radius 3 is 2.57 bits per heavy atom. The highest BCUT2D eigenvalue weighted by Crippen LogP contribution is 2.25. The number of nitrogens with zero attached hydrogens (tertiary/aromatic N) is 1. The lowest BCUT2D eigenvalue weighted by atomic mass is 10.1. The molecular weight excluding hydrogens is 276 g/mol. The number of anilines is 1. The third-order valence-electron chi connectivity index (χ3n) is 2.91. The summed E-state index contributed by atoms with van der Waals surface area (Å²) in [6.07, 6.45) is 3.42. The summed E-state index contributed by atoms with van der Waals surface area (Å²) in [5, 5.41) is 20.5. The second-order valence-corrected chi connectivity index (χ2v) is 4.28. The zero-order valence-corrected chi connectivity index (χ0v) is 10.9. The molecule has 7 nitrogen and oxygen atoms in total. The van der Waals surface area contributed by atoms with Gasteiger partial charge in [-0.3, -0.25) is 4.79 Å². The first-order valence-electron chi connectivity index (χ1n) is 5.95. The number of hydrogen-bond acceptors (Lipinski definition) is 3. The van der Waals surface area contributed by atoms with E-state index in [0.717, 1.165) is 0 Å². The van der Waals surface area contributed by atoms with Crippen LogP contribution in [-0.2, 0) is 16.1 Å². The minimum Gasteiger partial charge on any atom is -0.478 e. The number of carbonyl (C=O) groups is 3. The third-order valence-corrected chi connectivity index (χ3v) is 2.91. The maximum Gasteiger partial charge on any atom is 0.394 e. The molecule has 0 aliphatic carbocycles. The molecule has 2 rings (SSSR count). The highest BCUT2D eigenvalue weighted by Gasteiger charge is 2.18. The Balaban J connectivity index is 2.58. The summed E-state index contributed by atoms with van der Waals surface area (Å²) in [7, 11) is 0. The van der Waals surface area contributed by atoms with Gasteiger partial charge in [0.2, 0.25) is 0 Å². The number of fused-ring (bicyclic) bond motifs is 1. The van der Waals surface area contributed by atoms with E-state index in [1.165, 1.54) is 12.1 Å². The van der Waals surface area contributed by atoms with E-state index in [9.17, 15) is 14.4 Å². The second kappa shape index (κ2) is 5.49. The number of benzene rings is 1. The number of hydrogen-bond donors (Lipinski definition) is 3. The van der Waals surface area contributed by atoms with E-state index in [0.29, 0.717) is 17.4 Å². The average Bonchev–Trinajstić information content (AvgIpc) is 2.80. The molecule has 0 spiro atoms. The van der Waals surface area contributed by atoms with Gasteiger partial charge in [-0.25, -0.2) is 9.59 Å². The van der Waals surface area contributed by atoms with Gasteiger partial charge in [-0.1, -0.05) is 6.08 Å². The van der Waals surface area contributed by atoms with E-state index in [-0.39, 0.29) is 11.3 Å². The van der Waals surface area contributed by atoms with E-state index in [4.69, 9.17) is 10.2 Å². The Kier molecular flexibility index (Phi) is 3.75. The smallest absolute Gasteiger partial charge is 0.394 e. The van der Waals surface area contributed by atoms with Crippen LogP contribution < -0.4 is 5.32 Å². The van der Waals surface area contributed by atoms with E-state index >= 15 is 0 Å². The predicted molar refractivity (Wildman–Crippen MR) is 75.4 cm³/mol. The lowest BCUT2D eigenvalue weighted by Crippen LogP contribution is -2.23. The summed E-state index contributed by atoms with van der Waals surface area (Å²) in [4.78, 5) is 33.1. The molecule has 0 unspecified atom stereocenters. The first-order valence-corrected chi connectivity index (χ1v) is 5.95. The molecule has 1 aromatic heterocycles. The van der Waals surface area contributed by atoms with Gasteiger partial charge in [0.1, 0.15) is 0 Å². The lowest BCUT2D eigenvalue weighted by molar-refractivity contribution is -0.147. The average molecular weight is 288 g/mol. The molecule has 0 fully saturated rings. The van der Waals surface area contributed by atoms with Crippen LogP contribution in [0.2, 0.25) is 0 Å². The van der Waals surface area contributed by atoms with Gasteiger partial charge in [-0.2, -0.15) is 0 Å². The fraction of sp³-hybridized carbons (Fsp3) is 0.0714. The molecular formula is C14H12N2O5. The first kappa shape index (κ1) is 14.3. The first-order chi connectivity index (χ1) is 9.93. The largest absolute Gasteiger partial charge is 0.478 e. The van der Waals surface area contributed by atoms with Crippen LogP contribution in [0.15, 0.2) is 37.1 Å². The van der Waals surface area contributed by atoms with Crippen molar-refractivity contribution in [2.75, 3.05) is 5.32 Å². The van der Waals surface area contributed by atoms with Gasteiger partial charge < -0.3 is 20.1 Å². The van der Waals surface area contributed by atoms with Gasteiger partial charge >= 0.3 is 17.8 Å². The molecule has 1 aromatic carbocycles. The number of rotatable bonds is 4. The molecule has 0 atom stereocenters. The van der Waals surface area contributed by atoms with E-state index < -0.39 is 17.8 Å². The van der Waals surface area contributed by atoms with Crippen molar-refractivity contribution in [1.29, 1.82) is 0 Å². The molecule has 0 radical (unpaired) electrons. The van der Waals surface area contributed by atoms with Crippen molar-refractivity contribution in [2.24, 2.45) is 0 Å². The number of amides is 1. The van der Waals surface area contributed by atoms with Crippen molar-refractivity contribution in [2.45, 2.75) is 6.54 Å². The van der Waals surface area contributed by atoms with Crippen LogP contribution >= 0.6 is 0 Å². The summed E-state index contributed by atoms with van der Waals surface area (Å²) < 4.78 is 1.80. The molecule has 1 amide bonds. The van der Waals surface area contributed by atoms with Crippen LogP contribution in [-0.4, -0.2) is 32.6 Å². The molecule has 1 heterocycles. The third kappa shape index (κ3) is 2.76. The molecule has 108 valence electrons. The van der Waals surface area contributed by atoms with Crippen molar-refractivity contribution in [3.63, 3.8) is 0 Å². The van der Waals surface area contributed by atoms with Crippen molar-refractivity contribution in [3.8, 4) is 0 Å². The lowest BCUT2D eigenvalue weighted by Gasteiger charge is -2.09. The van der Waals surface area contributed by atoms with Gasteiger partial charge in [0.25, 0.3) is 0 Å². The van der Waals surface area contributed by atoms with Crippen molar-refractivity contribution < 1.29 is 24.6 Å². The summed E-state index contributed by atoms with van der Waals surface area (Å²) in [5.74, 6) is -4.24. The minimum absolute atomic E-state index is 0.0635. The Bertz CT molecular complexity index is 760. The van der Waals surface area contributed by atoms with Crippen LogP contribution in [0.25, 0.3) is 10.9 Å². The maximum atomic E-state index is 11.2. The Morgan fingerprint density at radius 1 is 1.29 bits per heavy atom. The van der Waals surface area contributed by atoms with Gasteiger partial charge in [0.05, 0.1) is 16.8 Å². The van der Waals surface area contributed by atoms with Crippen LogP contribution in [0.4, 0.5) is 5.69 Å². The molecule has 2 aromatic rings. The highest BCUT2D eigenvalue weighted by molar-refractivity contribution is 6.37. The van der Waals surface area contributed by atoms with Crippen molar-refractivity contribution in [3.05, 3.63) is 42.6 Å². The van der Waals surface area contributed by atoms with E-state index in [1.54, 1.807) is 22.9 Å². The van der Waals surface area contributed by atoms with Crippen molar-refractivity contribution >= 4 is 34.4 Å². The molecule has 0 saturated heterocycles. The van der Waals surface area contributed by atoms with E-state index in [2.05, 4.69) is 11.9 Å². The monoisotopic (exact) mass is 288 g/mol. The molecule has 3 N–H and O–H groups in total. The quantitative estimate of drug-likeness (QED) is 0.584. The summed E-state index contributed by atoms with van der Waals surface area (Å²) in [6.45, 7) is 4.12. The normalized spacial score (nSPS) is 10.3. The molecule has 0 aliphatic rings. The van der Waals surface area contributed by atoms with Gasteiger partial charge in [0, 0.05) is 18.1 Å². The minimum atomic E-state index is -1.69. The second-order valence-electron chi connectivity index (χ2n) is 4.28. The maximum absolute atomic E-state index is 11.2. The van der Waals surface area contributed by atoms with Gasteiger partial charge in [0.15, 0.2) is 0 Å². The number of carboxylic acids is 2. The summed E-state index contributed by atoms with van der Waals surface area (Å²) in [6, 6.07) is 4.55. The summed E-state index contributed by atoms with van der Waals surface area (Å²) in [5.41, 5.74) is 0.431. The standard InChI is InChI=1S/C14H12N2O5/c1-2-4-16-5-3-8-6-9(13(18)19)10(7-11(8)16)15-12(17)14(20)21/h2-3,5-7H,1,4H2,(H,15,17)(H,18,19)(H,20,21). The predicted octanol–water partition coefficient (Wildman–Crippen LogP) is 1.55. The van der Waals surface area contributed by atoms with Crippen LogP contribution in [0.1, 0.15) is 10.4 Å². The SMILES string of the molecule is C=CCn1ccc2cc(C(=O)O)c(NC(=O)C(=O)O)cc21. The number of allylic oxidation sites excluding steroid dienone is 1. The van der Waals surface area contributed by atoms with Gasteiger partial charge in [-0.05, 0) is 18.2 Å². The fourth-order valence-electron chi connectivity index (χ4n) is 1.99. The topological polar surface area (TPSA) is 109 Å². The molecule has 0 aliphatic heterocycles. The zero-order valence-electron chi connectivity index (χ0n) is 10.9. The Morgan fingerprint density at radius 2 is 2.00 bits per heavy atom. The van der Waals surface area contributed by atoms with Crippen LogP contribution in [0.3, 0.4) is 0 Å². The number of carboxylic acid groups (broad SMARTS) is 2. The number of aliphatic carboxylic acids is 1. The van der Waals surface area contributed by atoms with Crippen LogP contribution in [0.5, 0.6) is 0 Å². The van der Waals surface area contributed by atoms with E-state index in [1.807, 2.05) is 0 Å². The number of nitrogens with one attached hydrogen (secondary N) is 1.